The molecule has 8 heteroatoms. The van der Waals surface area contributed by atoms with Gasteiger partial charge in [-0.2, -0.15) is 0 Å². The number of aliphatic carboxylic acids is 1. The van der Waals surface area contributed by atoms with Gasteiger partial charge in [-0.05, 0) is 46.7 Å². The largest absolute Gasteiger partial charge is 0.496 e. The number of nitrogens with one attached hydrogen (secondary N) is 1. The Morgan fingerprint density at radius 3 is 2.32 bits per heavy atom. The number of rotatable bonds is 7. The second kappa shape index (κ2) is 10.3. The Labute approximate surface area is 216 Å². The van der Waals surface area contributed by atoms with Crippen LogP contribution in [0, 0.1) is 11.6 Å². The lowest BCUT2D eigenvalue weighted by molar-refractivity contribution is -0.139. The SMILES string of the molecule is COc1cc2ccccc2cc1-c1ccc(CC(NC(=O)c2c(F)cccc2F)C(=O)O)c2cccnc12. The summed E-state index contributed by atoms with van der Waals surface area (Å²) >= 11 is 0. The lowest BCUT2D eigenvalue weighted by atomic mass is 9.93. The molecule has 0 aliphatic heterocycles. The predicted molar refractivity (Wildman–Crippen MR) is 140 cm³/mol. The van der Waals surface area contributed by atoms with Gasteiger partial charge in [0, 0.05) is 29.1 Å². The molecule has 4 aromatic carbocycles. The Kier molecular flexibility index (Phi) is 6.70. The molecule has 1 aromatic heterocycles. The van der Waals surface area contributed by atoms with Crippen LogP contribution >= 0.6 is 0 Å². The van der Waals surface area contributed by atoms with Crippen LogP contribution in [0.2, 0.25) is 0 Å². The molecule has 0 bridgehead atoms. The van der Waals surface area contributed by atoms with Gasteiger partial charge in [0.05, 0.1) is 12.6 Å². The standard InChI is InChI=1S/C30H22F2N2O4/c1-38-26-16-18-7-3-2-6-17(18)14-22(26)21-12-11-19(20-8-5-13-33-28(20)21)15-25(30(36)37)34-29(35)27-23(31)9-4-10-24(27)32/h2-14,16,25H,15H2,1H3,(H,34,35)(H,36,37). The second-order valence-corrected chi connectivity index (χ2v) is 8.74. The Bertz CT molecular complexity index is 1680. The van der Waals surface area contributed by atoms with E-state index in [0.717, 1.165) is 40.1 Å². The minimum absolute atomic E-state index is 0.130. The number of carbonyl (C=O) groups excluding carboxylic acids is 1. The lowest BCUT2D eigenvalue weighted by Gasteiger charge is -2.18. The number of hydrogen-bond acceptors (Lipinski definition) is 4. The number of ether oxygens (including phenoxy) is 1. The number of aromatic nitrogens is 1. The van der Waals surface area contributed by atoms with Crippen molar-refractivity contribution in [2.45, 2.75) is 12.5 Å². The maximum absolute atomic E-state index is 14.1. The molecular weight excluding hydrogens is 490 g/mol. The fourth-order valence-electron chi connectivity index (χ4n) is 4.59. The Morgan fingerprint density at radius 2 is 1.63 bits per heavy atom. The molecule has 0 fully saturated rings. The van der Waals surface area contributed by atoms with Crippen molar-refractivity contribution in [1.82, 2.24) is 10.3 Å². The quantitative estimate of drug-likeness (QED) is 0.289. The number of carbonyl (C=O) groups is 2. The fraction of sp³-hybridized carbons (Fsp3) is 0.100. The Morgan fingerprint density at radius 1 is 0.921 bits per heavy atom. The van der Waals surface area contributed by atoms with E-state index in [4.69, 9.17) is 4.74 Å². The summed E-state index contributed by atoms with van der Waals surface area (Å²) in [5, 5.41) is 14.8. The number of methoxy groups -OCH3 is 1. The summed E-state index contributed by atoms with van der Waals surface area (Å²) in [6.45, 7) is 0. The van der Waals surface area contributed by atoms with Crippen LogP contribution in [-0.2, 0) is 11.2 Å². The van der Waals surface area contributed by atoms with E-state index in [9.17, 15) is 23.5 Å². The third-order valence-corrected chi connectivity index (χ3v) is 6.44. The summed E-state index contributed by atoms with van der Waals surface area (Å²) in [6, 6.07) is 20.6. The third kappa shape index (κ3) is 4.64. The van der Waals surface area contributed by atoms with E-state index in [2.05, 4.69) is 10.3 Å². The zero-order valence-corrected chi connectivity index (χ0v) is 20.2. The van der Waals surface area contributed by atoms with Crippen molar-refractivity contribution in [2.75, 3.05) is 7.11 Å². The molecule has 1 amide bonds. The van der Waals surface area contributed by atoms with Crippen LogP contribution in [0.4, 0.5) is 8.78 Å². The number of nitrogens with zero attached hydrogens (tertiary/aromatic N) is 1. The molecule has 190 valence electrons. The molecule has 5 aromatic rings. The maximum Gasteiger partial charge on any atom is 0.326 e. The molecule has 0 spiro atoms. The summed E-state index contributed by atoms with van der Waals surface area (Å²) in [6.07, 6.45) is 1.51. The highest BCUT2D eigenvalue weighted by Gasteiger charge is 2.26. The van der Waals surface area contributed by atoms with E-state index in [-0.39, 0.29) is 6.42 Å². The zero-order chi connectivity index (χ0) is 26.8. The normalized spacial score (nSPS) is 11.9. The minimum Gasteiger partial charge on any atom is -0.496 e. The van der Waals surface area contributed by atoms with Crippen molar-refractivity contribution in [3.8, 4) is 16.9 Å². The van der Waals surface area contributed by atoms with Gasteiger partial charge < -0.3 is 15.2 Å². The van der Waals surface area contributed by atoms with Crippen molar-refractivity contribution in [1.29, 1.82) is 0 Å². The molecule has 1 heterocycles. The highest BCUT2D eigenvalue weighted by molar-refractivity contribution is 6.01. The first-order chi connectivity index (χ1) is 18.4. The van der Waals surface area contributed by atoms with Crippen molar-refractivity contribution in [3.63, 3.8) is 0 Å². The second-order valence-electron chi connectivity index (χ2n) is 8.74. The molecule has 0 aliphatic carbocycles. The van der Waals surface area contributed by atoms with Crippen LogP contribution in [0.25, 0.3) is 32.8 Å². The van der Waals surface area contributed by atoms with Crippen LogP contribution < -0.4 is 10.1 Å². The summed E-state index contributed by atoms with van der Waals surface area (Å²) in [4.78, 5) is 29.2. The molecule has 1 atom stereocenters. The number of halogens is 2. The number of benzene rings is 4. The molecule has 38 heavy (non-hydrogen) atoms. The van der Waals surface area contributed by atoms with Gasteiger partial charge in [-0.25, -0.2) is 13.6 Å². The molecule has 0 saturated heterocycles. The molecule has 1 unspecified atom stereocenters. The van der Waals surface area contributed by atoms with E-state index < -0.39 is 35.1 Å². The number of fused-ring (bicyclic) bond motifs is 2. The number of carboxylic acid groups (broad SMARTS) is 1. The monoisotopic (exact) mass is 512 g/mol. The van der Waals surface area contributed by atoms with Gasteiger partial charge in [0.15, 0.2) is 0 Å². The summed E-state index contributed by atoms with van der Waals surface area (Å²) in [5.74, 6) is -3.98. The van der Waals surface area contributed by atoms with Gasteiger partial charge in [-0.15, -0.1) is 0 Å². The van der Waals surface area contributed by atoms with Gasteiger partial charge in [-0.1, -0.05) is 48.5 Å². The smallest absolute Gasteiger partial charge is 0.326 e. The predicted octanol–water partition coefficient (Wildman–Crippen LogP) is 5.77. The van der Waals surface area contributed by atoms with Crippen LogP contribution in [0.1, 0.15) is 15.9 Å². The number of pyridine rings is 1. The van der Waals surface area contributed by atoms with Crippen molar-refractivity contribution < 1.29 is 28.2 Å². The highest BCUT2D eigenvalue weighted by Crippen LogP contribution is 2.38. The van der Waals surface area contributed by atoms with Gasteiger partial charge in [0.2, 0.25) is 0 Å². The first-order valence-corrected chi connectivity index (χ1v) is 11.8. The maximum atomic E-state index is 14.1. The summed E-state index contributed by atoms with van der Waals surface area (Å²) < 4.78 is 33.8. The molecule has 2 N–H and O–H groups in total. The molecule has 5 rings (SSSR count). The topological polar surface area (TPSA) is 88.5 Å². The van der Waals surface area contributed by atoms with Gasteiger partial charge in [0.1, 0.15) is 29.0 Å². The fourth-order valence-corrected chi connectivity index (χ4v) is 4.59. The number of amides is 1. The molecule has 0 saturated carbocycles. The van der Waals surface area contributed by atoms with Crippen LogP contribution in [-0.4, -0.2) is 35.1 Å². The molecule has 0 aliphatic rings. The average molecular weight is 513 g/mol. The third-order valence-electron chi connectivity index (χ3n) is 6.44. The van der Waals surface area contributed by atoms with E-state index in [1.807, 2.05) is 48.5 Å². The Balaban J connectivity index is 1.54. The number of carboxylic acids is 1. The van der Waals surface area contributed by atoms with Crippen LogP contribution in [0.5, 0.6) is 5.75 Å². The van der Waals surface area contributed by atoms with Gasteiger partial charge in [-0.3, -0.25) is 9.78 Å². The molecule has 0 radical (unpaired) electrons. The Hall–Kier alpha value is -4.85. The number of hydrogen-bond donors (Lipinski definition) is 2. The summed E-state index contributed by atoms with van der Waals surface area (Å²) in [7, 11) is 1.59. The average Bonchev–Trinajstić information content (AvgIpc) is 2.92. The first-order valence-electron chi connectivity index (χ1n) is 11.8. The van der Waals surface area contributed by atoms with Gasteiger partial charge in [0.25, 0.3) is 5.91 Å². The zero-order valence-electron chi connectivity index (χ0n) is 20.2. The highest BCUT2D eigenvalue weighted by atomic mass is 19.1. The molecular formula is C30H22F2N2O4. The first kappa shape index (κ1) is 24.8. The van der Waals surface area contributed by atoms with E-state index in [1.165, 1.54) is 0 Å². The van der Waals surface area contributed by atoms with E-state index >= 15 is 0 Å². The minimum atomic E-state index is -1.44. The summed E-state index contributed by atoms with van der Waals surface area (Å²) in [5.41, 5.74) is 1.99. The van der Waals surface area contributed by atoms with Crippen molar-refractivity contribution in [2.24, 2.45) is 0 Å². The van der Waals surface area contributed by atoms with Crippen LogP contribution in [0.15, 0.2) is 85.1 Å². The lowest BCUT2D eigenvalue weighted by Crippen LogP contribution is -2.43. The van der Waals surface area contributed by atoms with Crippen molar-refractivity contribution >= 4 is 33.6 Å². The molecule has 6 nitrogen and oxygen atoms in total. The van der Waals surface area contributed by atoms with E-state index in [0.29, 0.717) is 22.2 Å². The van der Waals surface area contributed by atoms with Crippen molar-refractivity contribution in [3.05, 3.63) is 108 Å². The van der Waals surface area contributed by atoms with Gasteiger partial charge >= 0.3 is 5.97 Å². The van der Waals surface area contributed by atoms with Crippen LogP contribution in [0.3, 0.4) is 0 Å². The van der Waals surface area contributed by atoms with E-state index in [1.54, 1.807) is 25.4 Å².